The molecular formula is C28H30ClI2O6P. The molecule has 0 saturated carbocycles. The lowest BCUT2D eigenvalue weighted by atomic mass is 10.0. The van der Waals surface area contributed by atoms with Gasteiger partial charge in [0.2, 0.25) is 0 Å². The summed E-state index contributed by atoms with van der Waals surface area (Å²) in [6, 6.07) is 16.4. The van der Waals surface area contributed by atoms with E-state index in [1.54, 1.807) is 18.2 Å². The molecule has 0 radical (unpaired) electrons. The van der Waals surface area contributed by atoms with E-state index in [0.29, 0.717) is 28.9 Å². The van der Waals surface area contributed by atoms with E-state index in [0.717, 1.165) is 44.0 Å². The predicted octanol–water partition coefficient (Wildman–Crippen LogP) is 10.0. The van der Waals surface area contributed by atoms with Gasteiger partial charge >= 0.3 is 7.60 Å². The number of benzene rings is 3. The number of hydrogen-bond acceptors (Lipinski definition) is 6. The first-order valence-electron chi connectivity index (χ1n) is 12.4. The van der Waals surface area contributed by atoms with E-state index in [4.69, 9.17) is 30.1 Å². The van der Waals surface area contributed by atoms with Crippen LogP contribution in [0.25, 0.3) is 0 Å². The monoisotopic (exact) mass is 782 g/mol. The molecular weight excluding hydrogens is 753 g/mol. The third-order valence-electron chi connectivity index (χ3n) is 6.11. The van der Waals surface area contributed by atoms with Crippen LogP contribution < -0.4 is 9.47 Å². The molecule has 0 aliphatic carbocycles. The molecule has 1 heterocycles. The first kappa shape index (κ1) is 29.9. The number of phenolic OH excluding ortho intramolecular Hbond substituents is 1. The number of phenols is 1. The van der Waals surface area contributed by atoms with E-state index < -0.39 is 13.7 Å². The van der Waals surface area contributed by atoms with E-state index in [1.807, 2.05) is 50.2 Å². The van der Waals surface area contributed by atoms with Crippen LogP contribution in [-0.4, -0.2) is 18.1 Å². The molecule has 38 heavy (non-hydrogen) atoms. The van der Waals surface area contributed by atoms with Gasteiger partial charge in [0.15, 0.2) is 12.1 Å². The molecule has 2 atom stereocenters. The summed E-state index contributed by atoms with van der Waals surface area (Å²) in [5.41, 5.74) is 1.70. The highest BCUT2D eigenvalue weighted by atomic mass is 127. The maximum absolute atomic E-state index is 13.7. The highest BCUT2D eigenvalue weighted by molar-refractivity contribution is 14.1. The molecule has 10 heteroatoms. The Morgan fingerprint density at radius 3 is 2.53 bits per heavy atom. The van der Waals surface area contributed by atoms with E-state index >= 15 is 0 Å². The average molecular weight is 783 g/mol. The van der Waals surface area contributed by atoms with Gasteiger partial charge in [0.1, 0.15) is 17.2 Å². The lowest BCUT2D eigenvalue weighted by Crippen LogP contribution is -2.10. The maximum Gasteiger partial charge on any atom is 0.368 e. The van der Waals surface area contributed by atoms with Crippen LogP contribution in [0.15, 0.2) is 54.6 Å². The van der Waals surface area contributed by atoms with Gasteiger partial charge in [0.25, 0.3) is 0 Å². The van der Waals surface area contributed by atoms with Crippen LogP contribution in [0.2, 0.25) is 5.02 Å². The molecule has 1 fully saturated rings. The molecule has 3 aromatic carbocycles. The molecule has 0 bridgehead atoms. The quantitative estimate of drug-likeness (QED) is 0.190. The summed E-state index contributed by atoms with van der Waals surface area (Å²) >= 11 is 10.6. The van der Waals surface area contributed by atoms with Crippen molar-refractivity contribution in [3.8, 4) is 23.0 Å². The Morgan fingerprint density at radius 1 is 1.05 bits per heavy atom. The number of rotatable bonds is 7. The molecule has 0 amide bonds. The maximum atomic E-state index is 13.7. The van der Waals surface area contributed by atoms with Crippen LogP contribution in [0.1, 0.15) is 62.7 Å². The highest BCUT2D eigenvalue weighted by Gasteiger charge is 2.32. The van der Waals surface area contributed by atoms with Crippen LogP contribution in [0.5, 0.6) is 23.0 Å². The summed E-state index contributed by atoms with van der Waals surface area (Å²) in [4.78, 5) is 0. The van der Waals surface area contributed by atoms with Crippen LogP contribution >= 0.6 is 64.4 Å². The molecule has 0 aromatic heterocycles. The average Bonchev–Trinajstić information content (AvgIpc) is 2.96. The van der Waals surface area contributed by atoms with Crippen LogP contribution in [0.4, 0.5) is 0 Å². The topological polar surface area (TPSA) is 74.2 Å². The normalized spacial score (nSPS) is 20.4. The highest BCUT2D eigenvalue weighted by Crippen LogP contribution is 2.54. The Labute approximate surface area is 256 Å². The largest absolute Gasteiger partial charge is 0.508 e. The van der Waals surface area contributed by atoms with Crippen molar-refractivity contribution >= 4 is 64.4 Å². The van der Waals surface area contributed by atoms with Gasteiger partial charge < -0.3 is 19.1 Å². The predicted molar refractivity (Wildman–Crippen MR) is 167 cm³/mol. The van der Waals surface area contributed by atoms with Crippen molar-refractivity contribution in [3.63, 3.8) is 0 Å². The second kappa shape index (κ2) is 13.5. The van der Waals surface area contributed by atoms with Gasteiger partial charge in [-0.25, -0.2) is 0 Å². The number of hydrogen-bond donors (Lipinski definition) is 1. The van der Waals surface area contributed by atoms with Crippen molar-refractivity contribution in [2.24, 2.45) is 0 Å². The van der Waals surface area contributed by atoms with Crippen molar-refractivity contribution in [3.05, 3.63) is 77.9 Å². The van der Waals surface area contributed by atoms with Gasteiger partial charge in [-0.2, -0.15) is 0 Å². The summed E-state index contributed by atoms with van der Waals surface area (Å²) in [7, 11) is -3.56. The lowest BCUT2D eigenvalue weighted by molar-refractivity contribution is 0.135. The third kappa shape index (κ3) is 8.01. The van der Waals surface area contributed by atoms with Gasteiger partial charge in [-0.3, -0.25) is 9.09 Å². The molecule has 4 rings (SSSR count). The summed E-state index contributed by atoms with van der Waals surface area (Å²) in [5.74, 6) is 2.28. The van der Waals surface area contributed by atoms with Gasteiger partial charge in [0.05, 0.1) is 19.9 Å². The second-order valence-corrected chi connectivity index (χ2v) is 14.1. The van der Waals surface area contributed by atoms with Crippen LogP contribution in [0.3, 0.4) is 0 Å². The fourth-order valence-electron chi connectivity index (χ4n) is 4.14. The van der Waals surface area contributed by atoms with E-state index in [2.05, 4.69) is 45.2 Å². The van der Waals surface area contributed by atoms with Crippen LogP contribution in [-0.2, 0) is 13.6 Å². The summed E-state index contributed by atoms with van der Waals surface area (Å²) in [6.45, 7) is 4.40. The fourth-order valence-corrected chi connectivity index (χ4v) is 7.79. The molecule has 1 N–H and O–H groups in total. The number of aromatic hydroxyl groups is 1. The van der Waals surface area contributed by atoms with E-state index in [1.165, 1.54) is 0 Å². The molecule has 1 aliphatic rings. The van der Waals surface area contributed by atoms with Gasteiger partial charge in [-0.1, -0.05) is 50.4 Å². The van der Waals surface area contributed by atoms with Gasteiger partial charge in [0, 0.05) is 10.6 Å². The first-order chi connectivity index (χ1) is 18.1. The Kier molecular flexibility index (Phi) is 10.7. The SMILES string of the molecule is CC(C)c1cc(Oc2c(I)cc(OC[P@@]3(=O)OCCCCC[C@@H](c4cccc(Cl)c4)O3)cc2I)ccc1O. The first-order valence-corrected chi connectivity index (χ1v) is 16.7. The molecule has 0 spiro atoms. The summed E-state index contributed by atoms with van der Waals surface area (Å²) < 4.78 is 39.5. The van der Waals surface area contributed by atoms with Crippen molar-refractivity contribution in [2.45, 2.75) is 51.6 Å². The Bertz CT molecular complexity index is 1300. The van der Waals surface area contributed by atoms with Crippen LogP contribution in [0, 0.1) is 7.14 Å². The molecule has 3 aromatic rings. The molecule has 204 valence electrons. The van der Waals surface area contributed by atoms with E-state index in [9.17, 15) is 9.67 Å². The minimum atomic E-state index is -3.56. The number of ether oxygens (including phenoxy) is 2. The fraction of sp³-hybridized carbons (Fsp3) is 0.357. The smallest absolute Gasteiger partial charge is 0.368 e. The lowest BCUT2D eigenvalue weighted by Gasteiger charge is -2.24. The minimum Gasteiger partial charge on any atom is -0.508 e. The van der Waals surface area contributed by atoms with Crippen molar-refractivity contribution in [1.82, 2.24) is 0 Å². The van der Waals surface area contributed by atoms with Gasteiger partial charge in [-0.15, -0.1) is 0 Å². The van der Waals surface area contributed by atoms with E-state index in [-0.39, 0.29) is 18.0 Å². The Morgan fingerprint density at radius 2 is 1.82 bits per heavy atom. The molecule has 1 saturated heterocycles. The Hall–Kier alpha value is -1.04. The summed E-state index contributed by atoms with van der Waals surface area (Å²) in [5, 5.41) is 10.7. The standard InChI is InChI=1S/C28H30ClI2O6P/c1-18(2)23-14-21(10-11-26(23)32)36-28-24(30)15-22(16-25(28)31)34-17-38(33)35-12-5-3-4-9-27(37-38)19-7-6-8-20(29)13-19/h6-8,10-11,13-16,18,27,32H,3-5,9,12,17H2,1-2H3/t27-,38+/m0/s1. The Balaban J connectivity index is 1.50. The van der Waals surface area contributed by atoms with Crippen molar-refractivity contribution < 1.29 is 28.2 Å². The zero-order valence-corrected chi connectivity index (χ0v) is 27.1. The zero-order valence-electron chi connectivity index (χ0n) is 21.2. The summed E-state index contributed by atoms with van der Waals surface area (Å²) in [6.07, 6.45) is 2.86. The molecule has 1 aliphatic heterocycles. The minimum absolute atomic E-state index is 0.163. The van der Waals surface area contributed by atoms with Crippen molar-refractivity contribution in [1.29, 1.82) is 0 Å². The number of halogens is 3. The zero-order chi connectivity index (χ0) is 27.3. The van der Waals surface area contributed by atoms with Gasteiger partial charge in [-0.05, 0) is 112 Å². The third-order valence-corrected chi connectivity index (χ3v) is 9.54. The second-order valence-electron chi connectivity index (χ2n) is 9.41. The molecule has 6 nitrogen and oxygen atoms in total. The molecule has 0 unspecified atom stereocenters. The van der Waals surface area contributed by atoms with Crippen molar-refractivity contribution in [2.75, 3.05) is 13.0 Å².